The molecule has 0 saturated heterocycles. The summed E-state index contributed by atoms with van der Waals surface area (Å²) in [5, 5.41) is 12.0. The zero-order chi connectivity index (χ0) is 26.3. The molecule has 2 amide bonds. The summed E-state index contributed by atoms with van der Waals surface area (Å²) in [5.41, 5.74) is -2.12. The predicted molar refractivity (Wildman–Crippen MR) is 123 cm³/mol. The highest BCUT2D eigenvalue weighted by molar-refractivity contribution is 7.91. The van der Waals surface area contributed by atoms with E-state index in [1.54, 1.807) is 0 Å². The minimum absolute atomic E-state index is 0.0430. The highest BCUT2D eigenvalue weighted by Crippen LogP contribution is 2.39. The lowest BCUT2D eigenvalue weighted by Crippen LogP contribution is -2.33. The summed E-state index contributed by atoms with van der Waals surface area (Å²) in [6.07, 6.45) is -1.49. The summed E-state index contributed by atoms with van der Waals surface area (Å²) in [6.45, 7) is 4.60. The number of anilines is 1. The topological polar surface area (TPSA) is 147 Å². The lowest BCUT2D eigenvalue weighted by molar-refractivity contribution is -0.140. The number of halogens is 3. The zero-order valence-corrected chi connectivity index (χ0v) is 20.2. The van der Waals surface area contributed by atoms with Gasteiger partial charge in [-0.2, -0.15) is 18.3 Å². The Morgan fingerprint density at radius 1 is 1.31 bits per heavy atom. The molecule has 0 aromatic carbocycles. The van der Waals surface area contributed by atoms with Crippen LogP contribution in [0.4, 0.5) is 23.7 Å². The fourth-order valence-corrected chi connectivity index (χ4v) is 4.57. The SMILES string of the molecule is COc1cc(-c2ccnc(C(F)(F)F)c2NC(=O)N=S(N)(=O)c2cnn3c2OCC(C)(C)C3)ccn1. The second kappa shape index (κ2) is 9.05. The van der Waals surface area contributed by atoms with Gasteiger partial charge in [-0.1, -0.05) is 13.8 Å². The summed E-state index contributed by atoms with van der Waals surface area (Å²) in [7, 11) is -2.58. The van der Waals surface area contributed by atoms with Crippen LogP contribution >= 0.6 is 0 Å². The summed E-state index contributed by atoms with van der Waals surface area (Å²) in [5.74, 6) is 0.222. The van der Waals surface area contributed by atoms with Crippen LogP contribution in [0.3, 0.4) is 0 Å². The van der Waals surface area contributed by atoms with Crippen molar-refractivity contribution in [1.29, 1.82) is 0 Å². The first kappa shape index (κ1) is 25.4. The number of fused-ring (bicyclic) bond motifs is 1. The molecular weight excluding hydrogens is 503 g/mol. The van der Waals surface area contributed by atoms with Gasteiger partial charge in [-0.3, -0.25) is 0 Å². The van der Waals surface area contributed by atoms with Crippen molar-refractivity contribution < 1.29 is 31.6 Å². The molecule has 0 aliphatic carbocycles. The third-order valence-corrected chi connectivity index (χ3v) is 6.52. The van der Waals surface area contributed by atoms with Crippen molar-refractivity contribution in [2.45, 2.75) is 31.5 Å². The minimum atomic E-state index is -4.92. The van der Waals surface area contributed by atoms with Gasteiger partial charge in [0.05, 0.1) is 32.1 Å². The maximum Gasteiger partial charge on any atom is 0.435 e. The Kier molecular flexibility index (Phi) is 6.38. The molecule has 1 atom stereocenters. The Bertz CT molecular complexity index is 1450. The average Bonchev–Trinajstić information content (AvgIpc) is 3.21. The van der Waals surface area contributed by atoms with Gasteiger partial charge in [0.15, 0.2) is 15.6 Å². The molecule has 3 N–H and O–H groups in total. The van der Waals surface area contributed by atoms with Crippen LogP contribution < -0.4 is 19.9 Å². The molecule has 1 aliphatic rings. The lowest BCUT2D eigenvalue weighted by atomic mass is 9.94. The van der Waals surface area contributed by atoms with Crippen LogP contribution in [0, 0.1) is 5.41 Å². The van der Waals surface area contributed by atoms with Crippen LogP contribution in [0.5, 0.6) is 11.8 Å². The van der Waals surface area contributed by atoms with E-state index >= 15 is 0 Å². The Morgan fingerprint density at radius 2 is 2.03 bits per heavy atom. The van der Waals surface area contributed by atoms with E-state index in [-0.39, 0.29) is 39.8 Å². The molecule has 0 saturated carbocycles. The highest BCUT2D eigenvalue weighted by Gasteiger charge is 2.37. The van der Waals surface area contributed by atoms with Gasteiger partial charge in [0.1, 0.15) is 4.90 Å². The number of urea groups is 1. The number of methoxy groups -OCH3 is 1. The first-order valence-corrected chi connectivity index (χ1v) is 12.0. The number of rotatable bonds is 4. The maximum absolute atomic E-state index is 13.8. The third kappa shape index (κ3) is 5.11. The normalized spacial score (nSPS) is 16.3. The molecule has 0 spiro atoms. The minimum Gasteiger partial charge on any atom is -0.481 e. The second-order valence-corrected chi connectivity index (χ2v) is 10.4. The molecule has 36 heavy (non-hydrogen) atoms. The van der Waals surface area contributed by atoms with Crippen molar-refractivity contribution in [3.05, 3.63) is 42.5 Å². The summed E-state index contributed by atoms with van der Waals surface area (Å²) in [6, 6.07) is 2.70. The molecule has 3 aromatic heterocycles. The van der Waals surface area contributed by atoms with Gasteiger partial charge in [-0.15, -0.1) is 4.36 Å². The molecule has 11 nitrogen and oxygen atoms in total. The molecule has 3 aromatic rings. The number of nitrogens with zero attached hydrogens (tertiary/aromatic N) is 5. The zero-order valence-electron chi connectivity index (χ0n) is 19.4. The largest absolute Gasteiger partial charge is 0.481 e. The molecule has 4 rings (SSSR count). The number of hydrogen-bond donors (Lipinski definition) is 2. The smallest absolute Gasteiger partial charge is 0.435 e. The van der Waals surface area contributed by atoms with Gasteiger partial charge in [-0.05, 0) is 17.7 Å². The van der Waals surface area contributed by atoms with Gasteiger partial charge in [0.2, 0.25) is 11.8 Å². The van der Waals surface area contributed by atoms with Gasteiger partial charge >= 0.3 is 12.2 Å². The van der Waals surface area contributed by atoms with Crippen LogP contribution in [0.15, 0.2) is 46.0 Å². The van der Waals surface area contributed by atoms with Gasteiger partial charge in [-0.25, -0.2) is 28.8 Å². The van der Waals surface area contributed by atoms with Gasteiger partial charge in [0, 0.05) is 29.4 Å². The Hall–Kier alpha value is -3.72. The molecule has 192 valence electrons. The van der Waals surface area contributed by atoms with E-state index in [9.17, 15) is 22.2 Å². The average molecular weight is 526 g/mol. The van der Waals surface area contributed by atoms with Crippen molar-refractivity contribution in [2.75, 3.05) is 19.0 Å². The fraction of sp³-hybridized carbons (Fsp3) is 0.333. The Morgan fingerprint density at radius 3 is 2.72 bits per heavy atom. The molecule has 1 aliphatic heterocycles. The molecule has 1 unspecified atom stereocenters. The van der Waals surface area contributed by atoms with E-state index in [0.717, 1.165) is 12.4 Å². The van der Waals surface area contributed by atoms with E-state index in [1.165, 1.54) is 36.2 Å². The summed E-state index contributed by atoms with van der Waals surface area (Å²) in [4.78, 5) is 19.9. The number of nitrogens with two attached hydrogens (primary N) is 1. The van der Waals surface area contributed by atoms with Crippen LogP contribution in [0.2, 0.25) is 0 Å². The quantitative estimate of drug-likeness (QED) is 0.528. The molecule has 0 bridgehead atoms. The number of amides is 2. The van der Waals surface area contributed by atoms with Crippen molar-refractivity contribution in [3.63, 3.8) is 0 Å². The van der Waals surface area contributed by atoms with Crippen molar-refractivity contribution in [2.24, 2.45) is 14.9 Å². The lowest BCUT2D eigenvalue weighted by Gasteiger charge is -2.30. The number of carbonyl (C=O) groups is 1. The first-order chi connectivity index (χ1) is 16.8. The van der Waals surface area contributed by atoms with E-state index in [4.69, 9.17) is 14.6 Å². The van der Waals surface area contributed by atoms with Crippen molar-refractivity contribution >= 4 is 21.6 Å². The first-order valence-electron chi connectivity index (χ1n) is 10.4. The standard InChI is InChI=1S/C21H22F3N7O4S/c1-20(2)10-31-18(35-11-20)14(9-28-31)36(25,33)30-19(32)29-16-13(5-7-27-17(16)21(22,23)24)12-4-6-26-15(8-12)34-3/h4-9H,10-11H2,1-3H3,(H3,25,29,30,32,33). The van der Waals surface area contributed by atoms with E-state index in [1.807, 2.05) is 13.8 Å². The van der Waals surface area contributed by atoms with Crippen molar-refractivity contribution in [1.82, 2.24) is 19.7 Å². The number of hydrogen-bond acceptors (Lipinski definition) is 7. The number of nitrogens with one attached hydrogen (secondary N) is 1. The fourth-order valence-electron chi connectivity index (χ4n) is 3.57. The number of ether oxygens (including phenoxy) is 2. The van der Waals surface area contributed by atoms with Gasteiger partial charge in [0.25, 0.3) is 0 Å². The monoisotopic (exact) mass is 525 g/mol. The molecule has 0 fully saturated rings. The van der Waals surface area contributed by atoms with Crippen LogP contribution in [-0.4, -0.2) is 43.7 Å². The number of carbonyl (C=O) groups excluding carboxylic acids is 1. The third-order valence-electron chi connectivity index (χ3n) is 5.18. The number of pyridine rings is 2. The maximum atomic E-state index is 13.8. The van der Waals surface area contributed by atoms with E-state index in [2.05, 4.69) is 24.7 Å². The molecular formula is C21H22F3N7O4S. The van der Waals surface area contributed by atoms with Crippen LogP contribution in [0.1, 0.15) is 19.5 Å². The Balaban J connectivity index is 1.74. The Labute approximate surface area is 204 Å². The number of alkyl halides is 3. The molecule has 15 heteroatoms. The molecule has 0 radical (unpaired) electrons. The predicted octanol–water partition coefficient (Wildman–Crippen LogP) is 3.72. The summed E-state index contributed by atoms with van der Waals surface area (Å²) >= 11 is 0. The second-order valence-electron chi connectivity index (χ2n) is 8.68. The highest BCUT2D eigenvalue weighted by atomic mass is 32.2. The summed E-state index contributed by atoms with van der Waals surface area (Å²) < 4.78 is 70.0. The van der Waals surface area contributed by atoms with Crippen LogP contribution in [-0.2, 0) is 22.6 Å². The van der Waals surface area contributed by atoms with Crippen LogP contribution in [0.25, 0.3) is 11.1 Å². The van der Waals surface area contributed by atoms with Crippen molar-refractivity contribution in [3.8, 4) is 22.9 Å². The number of aromatic nitrogens is 4. The van der Waals surface area contributed by atoms with E-state index < -0.39 is 33.5 Å². The molecule has 4 heterocycles. The van der Waals surface area contributed by atoms with E-state index in [0.29, 0.717) is 6.54 Å². The van der Waals surface area contributed by atoms with Gasteiger partial charge < -0.3 is 14.8 Å².